The first-order valence-corrected chi connectivity index (χ1v) is 6.43. The van der Waals surface area contributed by atoms with Crippen molar-refractivity contribution in [3.05, 3.63) is 29.8 Å². The first-order valence-electron chi connectivity index (χ1n) is 6.43. The van der Waals surface area contributed by atoms with Gasteiger partial charge in [-0.15, -0.1) is 0 Å². The predicted molar refractivity (Wildman–Crippen MR) is 72.8 cm³/mol. The van der Waals surface area contributed by atoms with Crippen molar-refractivity contribution in [1.82, 2.24) is 0 Å². The lowest BCUT2D eigenvalue weighted by Crippen LogP contribution is -2.43. The van der Waals surface area contributed by atoms with E-state index in [9.17, 15) is 0 Å². The van der Waals surface area contributed by atoms with Crippen LogP contribution in [0.15, 0.2) is 24.3 Å². The average Bonchev–Trinajstić information content (AvgIpc) is 2.29. The Morgan fingerprint density at radius 2 is 1.82 bits per heavy atom. The third kappa shape index (κ3) is 2.81. The van der Waals surface area contributed by atoms with Crippen LogP contribution in [0.1, 0.15) is 33.3 Å². The lowest BCUT2D eigenvalue weighted by Gasteiger charge is -2.35. The number of hydrogen-bond acceptors (Lipinski definition) is 2. The maximum Gasteiger partial charge on any atom is 0.0668 e. The van der Waals surface area contributed by atoms with Crippen LogP contribution >= 0.6 is 0 Å². The molecular formula is C15H23NO. The quantitative estimate of drug-likeness (QED) is 0.738. The Balaban J connectivity index is 2.17. The zero-order valence-electron chi connectivity index (χ0n) is 11.4. The van der Waals surface area contributed by atoms with Crippen LogP contribution in [0.4, 0.5) is 5.69 Å². The molecule has 0 N–H and O–H groups in total. The molecule has 0 aromatic heterocycles. The fourth-order valence-electron chi connectivity index (χ4n) is 2.26. The summed E-state index contributed by atoms with van der Waals surface area (Å²) in [5, 5.41) is 0. The summed E-state index contributed by atoms with van der Waals surface area (Å²) in [6, 6.07) is 9.45. The minimum atomic E-state index is 0.231. The second-order valence-electron chi connectivity index (χ2n) is 5.91. The van der Waals surface area contributed by atoms with Crippen molar-refractivity contribution >= 4 is 5.69 Å². The molecule has 1 aromatic carbocycles. The Morgan fingerprint density at radius 3 is 2.35 bits per heavy atom. The summed E-state index contributed by atoms with van der Waals surface area (Å²) < 4.78 is 5.47. The largest absolute Gasteiger partial charge is 0.377 e. The van der Waals surface area contributed by atoms with E-state index in [1.807, 2.05) is 0 Å². The van der Waals surface area contributed by atoms with Crippen molar-refractivity contribution in [2.24, 2.45) is 0 Å². The van der Waals surface area contributed by atoms with Gasteiger partial charge in [-0.3, -0.25) is 0 Å². The molecule has 0 aliphatic carbocycles. The monoisotopic (exact) mass is 233 g/mol. The molecule has 1 aromatic rings. The van der Waals surface area contributed by atoms with Gasteiger partial charge in [0.15, 0.2) is 0 Å². The molecule has 1 atom stereocenters. The Labute approximate surface area is 105 Å². The minimum absolute atomic E-state index is 0.231. The van der Waals surface area contributed by atoms with E-state index in [0.717, 1.165) is 19.8 Å². The second-order valence-corrected chi connectivity index (χ2v) is 5.91. The molecule has 0 bridgehead atoms. The lowest BCUT2D eigenvalue weighted by atomic mass is 9.87. The fourth-order valence-corrected chi connectivity index (χ4v) is 2.26. The number of ether oxygens (including phenoxy) is 1. The molecule has 1 aliphatic heterocycles. The molecule has 0 amide bonds. The van der Waals surface area contributed by atoms with Gasteiger partial charge in [0.25, 0.3) is 0 Å². The molecule has 1 aliphatic rings. The second kappa shape index (κ2) is 4.69. The first-order chi connectivity index (χ1) is 7.98. The van der Waals surface area contributed by atoms with Crippen molar-refractivity contribution in [3.63, 3.8) is 0 Å². The minimum Gasteiger partial charge on any atom is -0.377 e. The zero-order chi connectivity index (χ0) is 12.5. The van der Waals surface area contributed by atoms with E-state index >= 15 is 0 Å². The van der Waals surface area contributed by atoms with Crippen molar-refractivity contribution in [2.75, 3.05) is 24.7 Å². The molecule has 17 heavy (non-hydrogen) atoms. The highest BCUT2D eigenvalue weighted by Gasteiger charge is 2.20. The van der Waals surface area contributed by atoms with E-state index in [2.05, 4.69) is 56.9 Å². The van der Waals surface area contributed by atoms with Crippen LogP contribution in [0, 0.1) is 0 Å². The van der Waals surface area contributed by atoms with Crippen LogP contribution < -0.4 is 4.90 Å². The molecule has 94 valence electrons. The number of rotatable bonds is 1. The van der Waals surface area contributed by atoms with E-state index in [0.29, 0.717) is 6.04 Å². The van der Waals surface area contributed by atoms with E-state index < -0.39 is 0 Å². The van der Waals surface area contributed by atoms with Gasteiger partial charge >= 0.3 is 0 Å². The topological polar surface area (TPSA) is 12.5 Å². The van der Waals surface area contributed by atoms with Crippen LogP contribution in [0.5, 0.6) is 0 Å². The van der Waals surface area contributed by atoms with Gasteiger partial charge in [-0.2, -0.15) is 0 Å². The highest BCUT2D eigenvalue weighted by molar-refractivity contribution is 5.49. The summed E-state index contributed by atoms with van der Waals surface area (Å²) in [5.41, 5.74) is 2.94. The highest BCUT2D eigenvalue weighted by atomic mass is 16.5. The van der Waals surface area contributed by atoms with Crippen LogP contribution in [-0.4, -0.2) is 25.8 Å². The van der Waals surface area contributed by atoms with Crippen molar-refractivity contribution in [2.45, 2.75) is 39.2 Å². The van der Waals surface area contributed by atoms with Crippen LogP contribution in [0.2, 0.25) is 0 Å². The van der Waals surface area contributed by atoms with Gasteiger partial charge in [0.1, 0.15) is 0 Å². The van der Waals surface area contributed by atoms with E-state index in [4.69, 9.17) is 4.74 Å². The summed E-state index contributed by atoms with van der Waals surface area (Å²) in [6.07, 6.45) is 0. The predicted octanol–water partition coefficient (Wildman–Crippen LogP) is 3.21. The van der Waals surface area contributed by atoms with E-state index in [1.165, 1.54) is 11.3 Å². The molecule has 0 unspecified atom stereocenters. The van der Waals surface area contributed by atoms with Crippen LogP contribution in [0.25, 0.3) is 0 Å². The number of hydrogen-bond donors (Lipinski definition) is 0. The molecule has 2 rings (SSSR count). The van der Waals surface area contributed by atoms with Gasteiger partial charge in [0, 0.05) is 18.3 Å². The van der Waals surface area contributed by atoms with Crippen molar-refractivity contribution < 1.29 is 4.74 Å². The van der Waals surface area contributed by atoms with Gasteiger partial charge in [-0.05, 0) is 30.0 Å². The fraction of sp³-hybridized carbons (Fsp3) is 0.600. The summed E-state index contributed by atoms with van der Waals surface area (Å²) in [4.78, 5) is 2.43. The highest BCUT2D eigenvalue weighted by Crippen LogP contribution is 2.26. The van der Waals surface area contributed by atoms with Gasteiger partial charge in [-0.25, -0.2) is 0 Å². The Kier molecular flexibility index (Phi) is 3.43. The summed E-state index contributed by atoms with van der Waals surface area (Å²) in [6.45, 7) is 11.6. The lowest BCUT2D eigenvalue weighted by molar-refractivity contribution is 0.0989. The van der Waals surface area contributed by atoms with Crippen LogP contribution in [0.3, 0.4) is 0 Å². The molecule has 1 saturated heterocycles. The average molecular weight is 233 g/mol. The van der Waals surface area contributed by atoms with Crippen molar-refractivity contribution in [1.29, 1.82) is 0 Å². The molecular weight excluding hydrogens is 210 g/mol. The normalized spacial score (nSPS) is 21.6. The van der Waals surface area contributed by atoms with Gasteiger partial charge in [-0.1, -0.05) is 32.9 Å². The molecule has 1 heterocycles. The van der Waals surface area contributed by atoms with Crippen molar-refractivity contribution in [3.8, 4) is 0 Å². The summed E-state index contributed by atoms with van der Waals surface area (Å²) in [7, 11) is 0. The number of morpholine rings is 1. The van der Waals surface area contributed by atoms with Gasteiger partial charge in [0.05, 0.1) is 13.2 Å². The Bertz CT molecular complexity index is 364. The number of anilines is 1. The third-order valence-electron chi connectivity index (χ3n) is 3.43. The first kappa shape index (κ1) is 12.4. The SMILES string of the molecule is C[C@H]1COCCN1c1ccc(C(C)(C)C)cc1. The van der Waals surface area contributed by atoms with Gasteiger partial charge in [0.2, 0.25) is 0 Å². The molecule has 2 heteroatoms. The van der Waals surface area contributed by atoms with Gasteiger partial charge < -0.3 is 9.64 Å². The standard InChI is InChI=1S/C15H23NO/c1-12-11-17-10-9-16(12)14-7-5-13(6-8-14)15(2,3)4/h5-8,12H,9-11H2,1-4H3/t12-/m0/s1. The van der Waals surface area contributed by atoms with E-state index in [1.54, 1.807) is 0 Å². The maximum absolute atomic E-state index is 5.47. The molecule has 1 fully saturated rings. The number of nitrogens with zero attached hydrogens (tertiary/aromatic N) is 1. The smallest absolute Gasteiger partial charge is 0.0668 e. The van der Waals surface area contributed by atoms with Crippen LogP contribution in [-0.2, 0) is 10.2 Å². The Hall–Kier alpha value is -1.02. The summed E-state index contributed by atoms with van der Waals surface area (Å²) >= 11 is 0. The molecule has 0 saturated carbocycles. The summed E-state index contributed by atoms with van der Waals surface area (Å²) in [5.74, 6) is 0. The maximum atomic E-state index is 5.47. The van der Waals surface area contributed by atoms with E-state index in [-0.39, 0.29) is 5.41 Å². The number of benzene rings is 1. The third-order valence-corrected chi connectivity index (χ3v) is 3.43. The molecule has 2 nitrogen and oxygen atoms in total. The molecule has 0 radical (unpaired) electrons. The Morgan fingerprint density at radius 1 is 1.18 bits per heavy atom. The zero-order valence-corrected chi connectivity index (χ0v) is 11.4. The molecule has 0 spiro atoms.